The lowest BCUT2D eigenvalue weighted by Crippen LogP contribution is -2.50. The van der Waals surface area contributed by atoms with Crippen LogP contribution in [0.1, 0.15) is 52.0 Å². The van der Waals surface area contributed by atoms with E-state index in [0.29, 0.717) is 0 Å². The Labute approximate surface area is 138 Å². The van der Waals surface area contributed by atoms with Crippen LogP contribution in [0.25, 0.3) is 0 Å². The van der Waals surface area contributed by atoms with Gasteiger partial charge in [-0.3, -0.25) is 0 Å². The zero-order chi connectivity index (χ0) is 16.6. The number of benzene rings is 1. The van der Waals surface area contributed by atoms with Crippen LogP contribution in [0.2, 0.25) is 0 Å². The van der Waals surface area contributed by atoms with Crippen molar-refractivity contribution in [2.75, 3.05) is 0 Å². The second kappa shape index (κ2) is 6.06. The summed E-state index contributed by atoms with van der Waals surface area (Å²) in [5, 5.41) is 0. The molecule has 1 aromatic carbocycles. The number of aryl methyl sites for hydroxylation is 1. The minimum Gasteiger partial charge on any atom is -0.490 e. The highest BCUT2D eigenvalue weighted by Crippen LogP contribution is 2.38. The van der Waals surface area contributed by atoms with Gasteiger partial charge >= 0.3 is 6.09 Å². The summed E-state index contributed by atoms with van der Waals surface area (Å²) >= 11 is 0. The lowest BCUT2D eigenvalue weighted by Gasteiger charge is -2.39. The molecule has 0 spiro atoms. The standard InChI is InChI=1S/C19H27NO3/c1-13-6-5-7-16(10-13)22-17-11-14-8-9-15(12-17)20(14)18(21)23-19(2,3)4/h5-7,10,14-15,17H,8-9,11-12H2,1-4H3/t14-,15+,17+. The Kier molecular flexibility index (Phi) is 4.26. The molecule has 0 radical (unpaired) electrons. The Hall–Kier alpha value is -1.71. The van der Waals surface area contributed by atoms with Crippen molar-refractivity contribution in [3.8, 4) is 5.75 Å². The third-order valence-corrected chi connectivity index (χ3v) is 4.59. The van der Waals surface area contributed by atoms with Crippen molar-refractivity contribution >= 4 is 6.09 Å². The number of nitrogens with zero attached hydrogens (tertiary/aromatic N) is 1. The van der Waals surface area contributed by atoms with E-state index in [9.17, 15) is 4.79 Å². The fourth-order valence-electron chi connectivity index (χ4n) is 3.72. The van der Waals surface area contributed by atoms with Crippen molar-refractivity contribution in [3.63, 3.8) is 0 Å². The van der Waals surface area contributed by atoms with E-state index < -0.39 is 5.60 Å². The minimum atomic E-state index is -0.439. The largest absolute Gasteiger partial charge is 0.490 e. The van der Waals surface area contributed by atoms with Gasteiger partial charge in [-0.15, -0.1) is 0 Å². The molecule has 2 aliphatic heterocycles. The number of fused-ring (bicyclic) bond motifs is 2. The molecule has 4 nitrogen and oxygen atoms in total. The first-order valence-corrected chi connectivity index (χ1v) is 8.56. The van der Waals surface area contributed by atoms with E-state index in [1.807, 2.05) is 37.8 Å². The normalized spacial score (nSPS) is 27.0. The van der Waals surface area contributed by atoms with Gasteiger partial charge in [0.05, 0.1) is 0 Å². The average molecular weight is 317 g/mol. The highest BCUT2D eigenvalue weighted by atomic mass is 16.6. The number of hydrogen-bond acceptors (Lipinski definition) is 3. The lowest BCUT2D eigenvalue weighted by molar-refractivity contribution is -0.00707. The number of hydrogen-bond donors (Lipinski definition) is 0. The van der Waals surface area contributed by atoms with Gasteiger partial charge in [0, 0.05) is 24.9 Å². The molecule has 2 aliphatic rings. The first-order chi connectivity index (χ1) is 10.8. The van der Waals surface area contributed by atoms with Gasteiger partial charge in [-0.2, -0.15) is 0 Å². The van der Waals surface area contributed by atoms with Gasteiger partial charge in [0.25, 0.3) is 0 Å². The quantitative estimate of drug-likeness (QED) is 0.816. The van der Waals surface area contributed by atoms with Crippen molar-refractivity contribution in [1.82, 2.24) is 4.90 Å². The molecule has 126 valence electrons. The van der Waals surface area contributed by atoms with Gasteiger partial charge in [-0.1, -0.05) is 12.1 Å². The van der Waals surface area contributed by atoms with Gasteiger partial charge in [-0.05, 0) is 58.2 Å². The molecule has 0 aromatic heterocycles. The number of piperidine rings is 1. The third-order valence-electron chi connectivity index (χ3n) is 4.59. The predicted octanol–water partition coefficient (Wildman–Crippen LogP) is 4.30. The van der Waals surface area contributed by atoms with E-state index in [2.05, 4.69) is 19.1 Å². The van der Waals surface area contributed by atoms with E-state index in [0.717, 1.165) is 31.4 Å². The molecule has 3 rings (SSSR count). The van der Waals surface area contributed by atoms with Gasteiger partial charge in [0.1, 0.15) is 17.5 Å². The van der Waals surface area contributed by atoms with Crippen LogP contribution in [-0.2, 0) is 4.74 Å². The fourth-order valence-corrected chi connectivity index (χ4v) is 3.72. The maximum atomic E-state index is 12.4. The first-order valence-electron chi connectivity index (χ1n) is 8.56. The van der Waals surface area contributed by atoms with Crippen LogP contribution in [0, 0.1) is 6.92 Å². The van der Waals surface area contributed by atoms with Crippen LogP contribution in [0.5, 0.6) is 5.75 Å². The second-order valence-electron chi connectivity index (χ2n) is 7.80. The highest BCUT2D eigenvalue weighted by molar-refractivity contribution is 5.69. The summed E-state index contributed by atoms with van der Waals surface area (Å²) in [5.74, 6) is 0.931. The van der Waals surface area contributed by atoms with Gasteiger partial charge in [-0.25, -0.2) is 4.79 Å². The molecule has 3 atom stereocenters. The smallest absolute Gasteiger partial charge is 0.410 e. The maximum absolute atomic E-state index is 12.4. The van der Waals surface area contributed by atoms with Crippen LogP contribution in [0.4, 0.5) is 4.79 Å². The molecule has 0 unspecified atom stereocenters. The lowest BCUT2D eigenvalue weighted by atomic mass is 10.00. The molecule has 0 N–H and O–H groups in total. The van der Waals surface area contributed by atoms with E-state index in [1.165, 1.54) is 5.56 Å². The third kappa shape index (κ3) is 3.80. The number of carbonyl (C=O) groups is 1. The van der Waals surface area contributed by atoms with Crippen LogP contribution >= 0.6 is 0 Å². The first kappa shape index (κ1) is 16.2. The molecule has 4 heteroatoms. The molecule has 2 heterocycles. The number of ether oxygens (including phenoxy) is 2. The molecule has 2 bridgehead atoms. The predicted molar refractivity (Wildman–Crippen MR) is 89.7 cm³/mol. The Morgan fingerprint density at radius 1 is 1.17 bits per heavy atom. The van der Waals surface area contributed by atoms with Crippen LogP contribution in [0.15, 0.2) is 24.3 Å². The number of rotatable bonds is 2. The zero-order valence-corrected chi connectivity index (χ0v) is 14.5. The Morgan fingerprint density at radius 3 is 2.39 bits per heavy atom. The van der Waals surface area contributed by atoms with Crippen molar-refractivity contribution in [2.45, 2.75) is 77.2 Å². The summed E-state index contributed by atoms with van der Waals surface area (Å²) in [4.78, 5) is 14.4. The van der Waals surface area contributed by atoms with Crippen molar-refractivity contribution < 1.29 is 14.3 Å². The van der Waals surface area contributed by atoms with Crippen molar-refractivity contribution in [2.24, 2.45) is 0 Å². The van der Waals surface area contributed by atoms with E-state index in [1.54, 1.807) is 0 Å². The number of carbonyl (C=O) groups excluding carboxylic acids is 1. The Bertz CT molecular complexity index is 564. The van der Waals surface area contributed by atoms with Gasteiger partial charge in [0.15, 0.2) is 0 Å². The summed E-state index contributed by atoms with van der Waals surface area (Å²) < 4.78 is 11.7. The SMILES string of the molecule is Cc1cccc(O[C@H]2C[C@H]3CC[C@@H](C2)N3C(=O)OC(C)(C)C)c1. The Balaban J connectivity index is 1.64. The minimum absolute atomic E-state index is 0.168. The molecule has 23 heavy (non-hydrogen) atoms. The second-order valence-corrected chi connectivity index (χ2v) is 7.80. The summed E-state index contributed by atoms with van der Waals surface area (Å²) in [6, 6.07) is 8.67. The van der Waals surface area contributed by atoms with E-state index >= 15 is 0 Å². The Morgan fingerprint density at radius 2 is 1.83 bits per heavy atom. The molecule has 2 fully saturated rings. The van der Waals surface area contributed by atoms with Gasteiger partial charge < -0.3 is 14.4 Å². The van der Waals surface area contributed by atoms with Crippen molar-refractivity contribution in [1.29, 1.82) is 0 Å². The fraction of sp³-hybridized carbons (Fsp3) is 0.632. The zero-order valence-electron chi connectivity index (χ0n) is 14.5. The summed E-state index contributed by atoms with van der Waals surface area (Å²) in [5.41, 5.74) is 0.766. The van der Waals surface area contributed by atoms with Crippen LogP contribution in [0.3, 0.4) is 0 Å². The molecular weight excluding hydrogens is 290 g/mol. The maximum Gasteiger partial charge on any atom is 0.410 e. The average Bonchev–Trinajstić information content (AvgIpc) is 2.69. The monoisotopic (exact) mass is 317 g/mol. The molecule has 2 saturated heterocycles. The molecule has 1 aromatic rings. The molecule has 0 saturated carbocycles. The van der Waals surface area contributed by atoms with Gasteiger partial charge in [0.2, 0.25) is 0 Å². The number of amides is 1. The molecule has 0 aliphatic carbocycles. The molecule has 1 amide bonds. The van der Waals surface area contributed by atoms with E-state index in [4.69, 9.17) is 9.47 Å². The summed E-state index contributed by atoms with van der Waals surface area (Å²) in [6.07, 6.45) is 3.91. The molecular formula is C19H27NO3. The summed E-state index contributed by atoms with van der Waals surface area (Å²) in [6.45, 7) is 7.82. The summed E-state index contributed by atoms with van der Waals surface area (Å²) in [7, 11) is 0. The highest BCUT2D eigenvalue weighted by Gasteiger charge is 2.45. The van der Waals surface area contributed by atoms with Crippen LogP contribution in [-0.4, -0.2) is 34.8 Å². The van der Waals surface area contributed by atoms with E-state index in [-0.39, 0.29) is 24.3 Å². The van der Waals surface area contributed by atoms with Crippen LogP contribution < -0.4 is 4.74 Å². The topological polar surface area (TPSA) is 38.8 Å². The van der Waals surface area contributed by atoms with Crippen molar-refractivity contribution in [3.05, 3.63) is 29.8 Å².